The van der Waals surface area contributed by atoms with Crippen molar-refractivity contribution in [2.75, 3.05) is 11.9 Å². The molecule has 0 saturated heterocycles. The van der Waals surface area contributed by atoms with Crippen LogP contribution < -0.4 is 10.6 Å². The molecule has 0 aliphatic heterocycles. The van der Waals surface area contributed by atoms with Gasteiger partial charge in [0.25, 0.3) is 0 Å². The zero-order chi connectivity index (χ0) is 12.1. The first kappa shape index (κ1) is 12.2. The first-order valence-electron chi connectivity index (χ1n) is 5.21. The third kappa shape index (κ3) is 3.08. The Morgan fingerprint density at radius 2 is 2.00 bits per heavy atom. The quantitative estimate of drug-likeness (QED) is 0.768. The Kier molecular flexibility index (Phi) is 4.05. The van der Waals surface area contributed by atoms with Gasteiger partial charge < -0.3 is 10.6 Å². The van der Waals surface area contributed by atoms with Gasteiger partial charge in [-0.25, -0.2) is 4.79 Å². The Bertz CT molecular complexity index is 413. The lowest BCUT2D eigenvalue weighted by Gasteiger charge is -2.09. The molecule has 4 heteroatoms. The highest BCUT2D eigenvalue weighted by atomic mass is 16.2. The molecular formula is C12H16N2O2. The van der Waals surface area contributed by atoms with Crippen LogP contribution in [-0.2, 0) is 0 Å². The second kappa shape index (κ2) is 5.30. The number of hydrogen-bond acceptors (Lipinski definition) is 2. The Morgan fingerprint density at radius 3 is 2.56 bits per heavy atom. The van der Waals surface area contributed by atoms with Gasteiger partial charge in [-0.1, -0.05) is 12.1 Å². The van der Waals surface area contributed by atoms with E-state index in [4.69, 9.17) is 0 Å². The van der Waals surface area contributed by atoms with E-state index >= 15 is 0 Å². The van der Waals surface area contributed by atoms with Crippen LogP contribution in [0.4, 0.5) is 10.5 Å². The van der Waals surface area contributed by atoms with E-state index in [-0.39, 0.29) is 11.8 Å². The highest BCUT2D eigenvalue weighted by molar-refractivity contribution is 5.97. The molecule has 0 atom stereocenters. The Balaban J connectivity index is 2.90. The predicted molar refractivity (Wildman–Crippen MR) is 63.9 cm³/mol. The molecule has 0 aliphatic rings. The third-order valence-corrected chi connectivity index (χ3v) is 2.23. The molecule has 4 nitrogen and oxygen atoms in total. The number of aryl methyl sites for hydroxylation is 1. The summed E-state index contributed by atoms with van der Waals surface area (Å²) in [4.78, 5) is 22.5. The average Bonchev–Trinajstić information content (AvgIpc) is 2.21. The fourth-order valence-electron chi connectivity index (χ4n) is 1.30. The third-order valence-electron chi connectivity index (χ3n) is 2.23. The lowest BCUT2D eigenvalue weighted by molar-refractivity contribution is 0.101. The minimum Gasteiger partial charge on any atom is -0.338 e. The van der Waals surface area contributed by atoms with E-state index in [1.165, 1.54) is 6.92 Å². The Labute approximate surface area is 95.0 Å². The van der Waals surface area contributed by atoms with Gasteiger partial charge in [-0.2, -0.15) is 0 Å². The van der Waals surface area contributed by atoms with Gasteiger partial charge in [0.1, 0.15) is 0 Å². The van der Waals surface area contributed by atoms with E-state index < -0.39 is 0 Å². The van der Waals surface area contributed by atoms with E-state index in [0.717, 1.165) is 5.56 Å². The molecule has 0 aromatic heterocycles. The fourth-order valence-corrected chi connectivity index (χ4v) is 1.30. The summed E-state index contributed by atoms with van der Waals surface area (Å²) >= 11 is 0. The van der Waals surface area contributed by atoms with Crippen molar-refractivity contribution in [2.24, 2.45) is 0 Å². The van der Waals surface area contributed by atoms with Crippen molar-refractivity contribution in [1.29, 1.82) is 0 Å². The van der Waals surface area contributed by atoms with Gasteiger partial charge in [-0.05, 0) is 32.4 Å². The van der Waals surface area contributed by atoms with Gasteiger partial charge in [0, 0.05) is 17.8 Å². The molecule has 0 saturated carbocycles. The summed E-state index contributed by atoms with van der Waals surface area (Å²) in [5.74, 6) is -0.0149. The van der Waals surface area contributed by atoms with E-state index in [1.807, 2.05) is 19.9 Å². The maximum absolute atomic E-state index is 11.3. The molecule has 0 unspecified atom stereocenters. The number of amides is 2. The zero-order valence-corrected chi connectivity index (χ0v) is 9.76. The number of carbonyl (C=O) groups is 2. The van der Waals surface area contributed by atoms with Gasteiger partial charge >= 0.3 is 6.03 Å². The number of Topliss-reactive ketones (excluding diaryl/α,β-unsaturated/α-hetero) is 1. The van der Waals surface area contributed by atoms with E-state index in [1.54, 1.807) is 12.1 Å². The van der Waals surface area contributed by atoms with Crippen molar-refractivity contribution < 1.29 is 9.59 Å². The first-order valence-corrected chi connectivity index (χ1v) is 5.21. The lowest BCUT2D eigenvalue weighted by atomic mass is 10.1. The maximum Gasteiger partial charge on any atom is 0.319 e. The lowest BCUT2D eigenvalue weighted by Crippen LogP contribution is -2.28. The minimum atomic E-state index is -0.258. The number of urea groups is 1. The molecule has 2 N–H and O–H groups in total. The number of nitrogens with one attached hydrogen (secondary N) is 2. The van der Waals surface area contributed by atoms with E-state index in [0.29, 0.717) is 17.8 Å². The van der Waals surface area contributed by atoms with Crippen LogP contribution in [0.15, 0.2) is 18.2 Å². The largest absolute Gasteiger partial charge is 0.338 e. The molecular weight excluding hydrogens is 204 g/mol. The predicted octanol–water partition coefficient (Wildman–Crippen LogP) is 2.34. The summed E-state index contributed by atoms with van der Waals surface area (Å²) in [5.41, 5.74) is 2.19. The molecule has 1 aromatic carbocycles. The molecule has 0 heterocycles. The van der Waals surface area contributed by atoms with Crippen molar-refractivity contribution in [2.45, 2.75) is 20.8 Å². The number of benzene rings is 1. The smallest absolute Gasteiger partial charge is 0.319 e. The van der Waals surface area contributed by atoms with Gasteiger partial charge in [0.2, 0.25) is 0 Å². The molecule has 1 rings (SSSR count). The zero-order valence-electron chi connectivity index (χ0n) is 9.76. The van der Waals surface area contributed by atoms with Crippen molar-refractivity contribution in [3.05, 3.63) is 29.3 Å². The fraction of sp³-hybridized carbons (Fsp3) is 0.333. The van der Waals surface area contributed by atoms with Crippen LogP contribution in [0.25, 0.3) is 0 Å². The molecule has 0 aliphatic carbocycles. The number of anilines is 1. The van der Waals surface area contributed by atoms with Crippen molar-refractivity contribution >= 4 is 17.5 Å². The van der Waals surface area contributed by atoms with Crippen LogP contribution in [0, 0.1) is 6.92 Å². The summed E-state index contributed by atoms with van der Waals surface area (Å²) in [6.45, 7) is 5.79. The first-order chi connectivity index (χ1) is 7.54. The SMILES string of the molecule is CCNC(=O)Nc1cc(C(C)=O)ccc1C. The second-order valence-corrected chi connectivity index (χ2v) is 3.57. The Morgan fingerprint density at radius 1 is 1.31 bits per heavy atom. The Hall–Kier alpha value is -1.84. The van der Waals surface area contributed by atoms with Crippen LogP contribution in [0.5, 0.6) is 0 Å². The standard InChI is InChI=1S/C12H16N2O2/c1-4-13-12(16)14-11-7-10(9(3)15)6-5-8(11)2/h5-7H,4H2,1-3H3,(H2,13,14,16). The van der Waals surface area contributed by atoms with Crippen LogP contribution in [0.3, 0.4) is 0 Å². The van der Waals surface area contributed by atoms with Crippen molar-refractivity contribution in [3.8, 4) is 0 Å². The van der Waals surface area contributed by atoms with Gasteiger partial charge in [-0.15, -0.1) is 0 Å². The average molecular weight is 220 g/mol. The summed E-state index contributed by atoms with van der Waals surface area (Å²) in [6, 6.07) is 5.00. The number of carbonyl (C=O) groups excluding carboxylic acids is 2. The summed E-state index contributed by atoms with van der Waals surface area (Å²) in [6.07, 6.45) is 0. The number of rotatable bonds is 3. The second-order valence-electron chi connectivity index (χ2n) is 3.57. The topological polar surface area (TPSA) is 58.2 Å². The number of ketones is 1. The van der Waals surface area contributed by atoms with Crippen LogP contribution >= 0.6 is 0 Å². The van der Waals surface area contributed by atoms with E-state index in [2.05, 4.69) is 10.6 Å². The van der Waals surface area contributed by atoms with Crippen LogP contribution in [-0.4, -0.2) is 18.4 Å². The molecule has 16 heavy (non-hydrogen) atoms. The van der Waals surface area contributed by atoms with Gasteiger partial charge in [0.05, 0.1) is 0 Å². The highest BCUT2D eigenvalue weighted by Crippen LogP contribution is 2.17. The normalized spacial score (nSPS) is 9.69. The molecule has 0 spiro atoms. The summed E-state index contributed by atoms with van der Waals surface area (Å²) in [5, 5.41) is 5.34. The molecule has 1 aromatic rings. The van der Waals surface area contributed by atoms with Crippen molar-refractivity contribution in [1.82, 2.24) is 5.32 Å². The van der Waals surface area contributed by atoms with E-state index in [9.17, 15) is 9.59 Å². The van der Waals surface area contributed by atoms with Gasteiger partial charge in [0.15, 0.2) is 5.78 Å². The molecule has 0 fully saturated rings. The monoisotopic (exact) mass is 220 g/mol. The van der Waals surface area contributed by atoms with Crippen LogP contribution in [0.1, 0.15) is 29.8 Å². The molecule has 86 valence electrons. The molecule has 0 radical (unpaired) electrons. The summed E-state index contributed by atoms with van der Waals surface area (Å²) < 4.78 is 0. The summed E-state index contributed by atoms with van der Waals surface area (Å²) in [7, 11) is 0. The number of hydrogen-bond donors (Lipinski definition) is 2. The van der Waals surface area contributed by atoms with Crippen LogP contribution in [0.2, 0.25) is 0 Å². The van der Waals surface area contributed by atoms with Crippen molar-refractivity contribution in [3.63, 3.8) is 0 Å². The molecule has 2 amide bonds. The minimum absolute atomic E-state index is 0.0149. The molecule has 0 bridgehead atoms. The highest BCUT2D eigenvalue weighted by Gasteiger charge is 2.06. The maximum atomic E-state index is 11.3. The van der Waals surface area contributed by atoms with Gasteiger partial charge in [-0.3, -0.25) is 4.79 Å².